The highest BCUT2D eigenvalue weighted by atomic mass is 28.3. The minimum absolute atomic E-state index is 0.223. The van der Waals surface area contributed by atoms with E-state index < -0.39 is 13.3 Å². The molecule has 0 aliphatic heterocycles. The first-order chi connectivity index (χ1) is 16.6. The van der Waals surface area contributed by atoms with Crippen LogP contribution in [0.3, 0.4) is 0 Å². The lowest BCUT2D eigenvalue weighted by molar-refractivity contribution is -0.0628. The van der Waals surface area contributed by atoms with Crippen molar-refractivity contribution in [2.45, 2.75) is 148 Å². The first-order valence-corrected chi connectivity index (χ1v) is 18.7. The van der Waals surface area contributed by atoms with Crippen molar-refractivity contribution in [2.24, 2.45) is 40.4 Å². The number of hydrogen-bond acceptors (Lipinski definition) is 2. The van der Waals surface area contributed by atoms with Crippen LogP contribution in [0, 0.1) is 40.4 Å². The third kappa shape index (κ3) is 4.53. The van der Waals surface area contributed by atoms with Gasteiger partial charge in [-0.3, -0.25) is 0 Å². The van der Waals surface area contributed by atoms with Crippen LogP contribution in [0.4, 0.5) is 0 Å². The van der Waals surface area contributed by atoms with E-state index in [9.17, 15) is 5.11 Å². The van der Waals surface area contributed by atoms with Crippen LogP contribution in [0.15, 0.2) is 11.6 Å². The maximum absolute atomic E-state index is 12.1. The quantitative estimate of drug-likeness (QED) is 0.262. The number of rotatable bonds is 7. The average Bonchev–Trinajstić information content (AvgIpc) is 3.16. The fraction of sp³-hybridized carbons (Fsp3) is 0.939. The van der Waals surface area contributed by atoms with E-state index in [1.807, 2.05) is 0 Å². The molecule has 2 unspecified atom stereocenters. The summed E-state index contributed by atoms with van der Waals surface area (Å²) in [5.41, 5.74) is 2.52. The molecular weight excluding hydrogens is 454 g/mol. The van der Waals surface area contributed by atoms with E-state index in [4.69, 9.17) is 0 Å². The number of aliphatic hydroxyl groups is 1. The predicted octanol–water partition coefficient (Wildman–Crippen LogP) is 8.76. The molecule has 4 aliphatic rings. The van der Waals surface area contributed by atoms with Gasteiger partial charge in [0.15, 0.2) is 0 Å². The maximum Gasteiger partial charge on any atom is 0.0908 e. The minimum Gasteiger partial charge on any atom is -0.393 e. The summed E-state index contributed by atoms with van der Waals surface area (Å²) in [7, 11) is 0.251. The molecule has 0 bridgehead atoms. The van der Waals surface area contributed by atoms with Crippen molar-refractivity contribution in [2.75, 3.05) is 7.05 Å². The molecule has 208 valence electrons. The fourth-order valence-electron chi connectivity index (χ4n) is 9.95. The third-order valence-electron chi connectivity index (χ3n) is 13.8. The second kappa shape index (κ2) is 9.81. The van der Waals surface area contributed by atoms with Crippen LogP contribution in [-0.4, -0.2) is 31.5 Å². The van der Waals surface area contributed by atoms with Crippen LogP contribution in [-0.2, 0) is 0 Å². The van der Waals surface area contributed by atoms with Gasteiger partial charge in [0.05, 0.1) is 13.3 Å². The van der Waals surface area contributed by atoms with Gasteiger partial charge in [0.25, 0.3) is 0 Å². The summed E-state index contributed by atoms with van der Waals surface area (Å²) in [6, 6.07) is 0.647. The Morgan fingerprint density at radius 3 is 2.36 bits per heavy atom. The van der Waals surface area contributed by atoms with Gasteiger partial charge in [-0.05, 0) is 117 Å². The summed E-state index contributed by atoms with van der Waals surface area (Å²) in [6.45, 7) is 22.2. The standard InChI is InChI=1S/C33H61NOSi/c1-23(12-11-13-24(2)34-8)27-16-17-28-26-15-14-25-22-33(35,36(9,10)30(3,4)5)21-20-31(25,6)29(26)18-19-32(27,28)7/h14,23-24,26-29,34-35H,11-13,15-22H2,1-10H3/t23-,24?,26+,27-,28+,29+,31+,32-,33?/m1/s1. The molecule has 2 nitrogen and oxygen atoms in total. The Hall–Kier alpha value is -0.123. The number of nitrogens with one attached hydrogen (secondary N) is 1. The molecular formula is C33H61NOSi. The van der Waals surface area contributed by atoms with Crippen LogP contribution in [0.5, 0.6) is 0 Å². The van der Waals surface area contributed by atoms with Gasteiger partial charge in [-0.15, -0.1) is 0 Å². The lowest BCUT2D eigenvalue weighted by Gasteiger charge is -2.61. The molecule has 0 aromatic rings. The van der Waals surface area contributed by atoms with Crippen molar-refractivity contribution >= 4 is 8.07 Å². The predicted molar refractivity (Wildman–Crippen MR) is 159 cm³/mol. The summed E-state index contributed by atoms with van der Waals surface area (Å²) in [6.07, 6.45) is 17.0. The zero-order valence-electron chi connectivity index (χ0n) is 25.8. The van der Waals surface area contributed by atoms with Crippen LogP contribution in [0.2, 0.25) is 18.1 Å². The molecule has 3 fully saturated rings. The summed E-state index contributed by atoms with van der Waals surface area (Å²) in [4.78, 5) is 0. The summed E-state index contributed by atoms with van der Waals surface area (Å²) in [5, 5.41) is 15.3. The topological polar surface area (TPSA) is 32.3 Å². The SMILES string of the molecule is CNC(C)CCC[C@@H](C)[C@H]1CC[C@H]2[C@@H]3CC=C4CC(O)([Si](C)(C)C(C)(C)C)CC[C@]4(C)[C@H]3CC[C@]12C. The van der Waals surface area contributed by atoms with Crippen molar-refractivity contribution in [3.8, 4) is 0 Å². The van der Waals surface area contributed by atoms with Crippen LogP contribution < -0.4 is 5.32 Å². The molecule has 9 atom stereocenters. The van der Waals surface area contributed by atoms with Crippen molar-refractivity contribution in [3.05, 3.63) is 11.6 Å². The molecule has 4 rings (SSSR count). The second-order valence-electron chi connectivity index (χ2n) is 16.2. The van der Waals surface area contributed by atoms with E-state index in [-0.39, 0.29) is 5.04 Å². The number of hydrogen-bond donors (Lipinski definition) is 2. The Morgan fingerprint density at radius 1 is 1.03 bits per heavy atom. The highest BCUT2D eigenvalue weighted by Gasteiger charge is 2.62. The highest BCUT2D eigenvalue weighted by Crippen LogP contribution is 2.68. The van der Waals surface area contributed by atoms with Gasteiger partial charge in [-0.25, -0.2) is 0 Å². The van der Waals surface area contributed by atoms with Crippen molar-refractivity contribution in [1.29, 1.82) is 0 Å². The Morgan fingerprint density at radius 2 is 1.72 bits per heavy atom. The Kier molecular flexibility index (Phi) is 7.87. The largest absolute Gasteiger partial charge is 0.393 e. The Bertz CT molecular complexity index is 828. The van der Waals surface area contributed by atoms with Gasteiger partial charge in [0.2, 0.25) is 0 Å². The molecule has 2 N–H and O–H groups in total. The lowest BCUT2D eigenvalue weighted by atomic mass is 9.47. The molecule has 3 saturated carbocycles. The molecule has 0 spiro atoms. The van der Waals surface area contributed by atoms with Gasteiger partial charge < -0.3 is 10.4 Å². The molecule has 0 aromatic heterocycles. The molecule has 0 saturated heterocycles. The highest BCUT2D eigenvalue weighted by molar-refractivity contribution is 6.82. The minimum atomic E-state index is -1.85. The summed E-state index contributed by atoms with van der Waals surface area (Å²) < 4.78 is 0. The maximum atomic E-state index is 12.1. The average molecular weight is 516 g/mol. The molecule has 3 heteroatoms. The normalized spacial score (nSPS) is 42.7. The van der Waals surface area contributed by atoms with E-state index in [2.05, 4.69) is 80.0 Å². The van der Waals surface area contributed by atoms with Crippen molar-refractivity contribution < 1.29 is 5.11 Å². The van der Waals surface area contributed by atoms with E-state index in [1.165, 1.54) is 57.8 Å². The number of allylic oxidation sites excluding steroid dienone is 1. The molecule has 0 radical (unpaired) electrons. The van der Waals surface area contributed by atoms with E-state index in [0.717, 1.165) is 42.4 Å². The van der Waals surface area contributed by atoms with Crippen LogP contribution in [0.1, 0.15) is 119 Å². The monoisotopic (exact) mass is 515 g/mol. The van der Waals surface area contributed by atoms with Crippen molar-refractivity contribution in [3.63, 3.8) is 0 Å². The van der Waals surface area contributed by atoms with Gasteiger partial charge in [0, 0.05) is 6.04 Å². The summed E-state index contributed by atoms with van der Waals surface area (Å²) in [5.74, 6) is 4.40. The van der Waals surface area contributed by atoms with Gasteiger partial charge in [0.1, 0.15) is 0 Å². The molecule has 36 heavy (non-hydrogen) atoms. The molecule has 0 heterocycles. The molecule has 0 amide bonds. The Labute approximate surface area is 225 Å². The van der Waals surface area contributed by atoms with Crippen molar-refractivity contribution in [1.82, 2.24) is 5.32 Å². The first-order valence-electron chi connectivity index (χ1n) is 15.7. The van der Waals surface area contributed by atoms with Crippen LogP contribution in [0.25, 0.3) is 0 Å². The Balaban J connectivity index is 1.50. The van der Waals surface area contributed by atoms with Gasteiger partial charge >= 0.3 is 0 Å². The fourth-order valence-corrected chi connectivity index (χ4v) is 12.7. The van der Waals surface area contributed by atoms with Crippen LogP contribution >= 0.6 is 0 Å². The van der Waals surface area contributed by atoms with Gasteiger partial charge in [-0.2, -0.15) is 0 Å². The van der Waals surface area contributed by atoms with E-state index >= 15 is 0 Å². The van der Waals surface area contributed by atoms with E-state index in [1.54, 1.807) is 5.57 Å². The molecule has 4 aliphatic carbocycles. The second-order valence-corrected chi connectivity index (χ2v) is 21.8. The van der Waals surface area contributed by atoms with Gasteiger partial charge in [-0.1, -0.05) is 79.1 Å². The van der Waals surface area contributed by atoms with E-state index in [0.29, 0.717) is 16.9 Å². The zero-order valence-corrected chi connectivity index (χ0v) is 26.8. The third-order valence-corrected chi connectivity index (χ3v) is 20.3. The number of fused-ring (bicyclic) bond motifs is 5. The lowest BCUT2D eigenvalue weighted by Crippen LogP contribution is -2.63. The molecule has 0 aromatic carbocycles. The first kappa shape index (κ1) is 28.9. The smallest absolute Gasteiger partial charge is 0.0908 e. The zero-order chi connectivity index (χ0) is 26.7. The summed E-state index contributed by atoms with van der Waals surface area (Å²) >= 11 is 0.